The predicted molar refractivity (Wildman–Crippen MR) is 61.3 cm³/mol. The van der Waals surface area contributed by atoms with Crippen molar-refractivity contribution in [2.24, 2.45) is 0 Å². The summed E-state index contributed by atoms with van der Waals surface area (Å²) in [5.41, 5.74) is 0. The zero-order valence-corrected chi connectivity index (χ0v) is 9.89. The zero-order valence-electron chi connectivity index (χ0n) is 9.07. The van der Waals surface area contributed by atoms with E-state index < -0.39 is 0 Å². The van der Waals surface area contributed by atoms with Gasteiger partial charge in [-0.15, -0.1) is 11.8 Å². The van der Waals surface area contributed by atoms with Crippen molar-refractivity contribution >= 4 is 29.4 Å². The highest BCUT2D eigenvalue weighted by Crippen LogP contribution is 2.08. The van der Waals surface area contributed by atoms with Gasteiger partial charge in [0.1, 0.15) is 5.76 Å². The summed E-state index contributed by atoms with van der Waals surface area (Å²) in [6.07, 6.45) is 0. The highest BCUT2D eigenvalue weighted by molar-refractivity contribution is 8.00. The third-order valence-electron chi connectivity index (χ3n) is 1.64. The molecule has 0 aliphatic carbocycles. The van der Waals surface area contributed by atoms with E-state index in [1.54, 1.807) is 20.0 Å². The molecule has 0 aliphatic heterocycles. The Morgan fingerprint density at radius 3 is 2.69 bits per heavy atom. The number of carbonyl (C=O) groups is 2. The van der Waals surface area contributed by atoms with E-state index in [-0.39, 0.29) is 23.3 Å². The Morgan fingerprint density at radius 2 is 2.12 bits per heavy atom. The summed E-state index contributed by atoms with van der Waals surface area (Å²) in [4.78, 5) is 22.2. The van der Waals surface area contributed by atoms with E-state index in [2.05, 4.69) is 15.8 Å². The quantitative estimate of drug-likeness (QED) is 0.782. The van der Waals surface area contributed by atoms with Crippen LogP contribution in [-0.2, 0) is 9.59 Å². The molecule has 1 aromatic rings. The van der Waals surface area contributed by atoms with Gasteiger partial charge in [0.05, 0.1) is 11.5 Å². The number of aromatic nitrogens is 1. The van der Waals surface area contributed by atoms with Gasteiger partial charge in [-0.2, -0.15) is 0 Å². The molecule has 0 bridgehead atoms. The van der Waals surface area contributed by atoms with Crippen LogP contribution in [0.25, 0.3) is 0 Å². The van der Waals surface area contributed by atoms with Crippen LogP contribution >= 0.6 is 11.8 Å². The number of carbonyl (C=O) groups excluding carboxylic acids is 2. The van der Waals surface area contributed by atoms with Crippen LogP contribution in [0, 0.1) is 6.92 Å². The summed E-state index contributed by atoms with van der Waals surface area (Å²) >= 11 is 1.24. The second kappa shape index (κ2) is 6.16. The maximum absolute atomic E-state index is 11.3. The van der Waals surface area contributed by atoms with Crippen molar-refractivity contribution in [2.45, 2.75) is 6.92 Å². The first-order chi connectivity index (χ1) is 7.61. The second-order valence-corrected chi connectivity index (χ2v) is 4.02. The van der Waals surface area contributed by atoms with Crippen molar-refractivity contribution in [3.8, 4) is 0 Å². The molecule has 0 saturated carbocycles. The maximum atomic E-state index is 11.3. The van der Waals surface area contributed by atoms with Crippen molar-refractivity contribution in [3.05, 3.63) is 11.8 Å². The minimum Gasteiger partial charge on any atom is -0.360 e. The lowest BCUT2D eigenvalue weighted by atomic mass is 10.5. The molecule has 1 rings (SSSR count). The largest absolute Gasteiger partial charge is 0.360 e. The van der Waals surface area contributed by atoms with E-state index in [0.29, 0.717) is 11.6 Å². The van der Waals surface area contributed by atoms with E-state index in [1.165, 1.54) is 11.8 Å². The lowest BCUT2D eigenvalue weighted by Gasteiger charge is -2.00. The third kappa shape index (κ3) is 4.35. The Bertz CT molecular complexity index is 378. The molecule has 7 heteroatoms. The fourth-order valence-electron chi connectivity index (χ4n) is 0.913. The van der Waals surface area contributed by atoms with Gasteiger partial charge in [-0.05, 0) is 6.92 Å². The van der Waals surface area contributed by atoms with E-state index in [9.17, 15) is 9.59 Å². The summed E-state index contributed by atoms with van der Waals surface area (Å²) in [6, 6.07) is 1.63. The molecule has 0 radical (unpaired) electrons. The molecule has 1 heterocycles. The summed E-state index contributed by atoms with van der Waals surface area (Å²) in [5, 5.41) is 8.65. The number of rotatable bonds is 5. The van der Waals surface area contributed by atoms with Crippen molar-refractivity contribution in [1.29, 1.82) is 0 Å². The fraction of sp³-hybridized carbons (Fsp3) is 0.444. The van der Waals surface area contributed by atoms with Gasteiger partial charge in [-0.25, -0.2) is 0 Å². The van der Waals surface area contributed by atoms with Gasteiger partial charge in [0, 0.05) is 13.1 Å². The average Bonchev–Trinajstić information content (AvgIpc) is 2.63. The van der Waals surface area contributed by atoms with Crippen molar-refractivity contribution in [3.63, 3.8) is 0 Å². The molecule has 88 valence electrons. The van der Waals surface area contributed by atoms with Gasteiger partial charge in [-0.1, -0.05) is 5.16 Å². The smallest absolute Gasteiger partial charge is 0.235 e. The Kier molecular flexibility index (Phi) is 4.84. The molecule has 1 aromatic heterocycles. The molecule has 0 unspecified atom stereocenters. The molecular weight excluding hydrogens is 230 g/mol. The molecule has 0 aliphatic rings. The molecule has 16 heavy (non-hydrogen) atoms. The highest BCUT2D eigenvalue weighted by atomic mass is 32.2. The van der Waals surface area contributed by atoms with Gasteiger partial charge in [-0.3, -0.25) is 9.59 Å². The molecule has 0 saturated heterocycles. The van der Waals surface area contributed by atoms with E-state index in [4.69, 9.17) is 4.52 Å². The van der Waals surface area contributed by atoms with Crippen LogP contribution in [0.3, 0.4) is 0 Å². The molecule has 0 atom stereocenters. The average molecular weight is 243 g/mol. The molecule has 2 N–H and O–H groups in total. The number of nitrogens with one attached hydrogen (secondary N) is 2. The predicted octanol–water partition coefficient (Wildman–Crippen LogP) is 0.401. The first-order valence-corrected chi connectivity index (χ1v) is 5.79. The molecule has 2 amide bonds. The molecule has 0 aromatic carbocycles. The third-order valence-corrected chi connectivity index (χ3v) is 2.57. The number of anilines is 1. The van der Waals surface area contributed by atoms with Gasteiger partial charge in [0.25, 0.3) is 0 Å². The van der Waals surface area contributed by atoms with Crippen LogP contribution < -0.4 is 10.6 Å². The van der Waals surface area contributed by atoms with Gasteiger partial charge in [0.2, 0.25) is 11.8 Å². The van der Waals surface area contributed by atoms with Crippen LogP contribution in [0.4, 0.5) is 5.82 Å². The summed E-state index contributed by atoms with van der Waals surface area (Å²) in [5.74, 6) is 1.19. The number of thioether (sulfide) groups is 1. The number of hydrogen-bond donors (Lipinski definition) is 2. The molecular formula is C9H13N3O3S. The standard InChI is InChI=1S/C9H13N3O3S/c1-6-3-7(12-15-6)11-9(14)5-16-4-8(13)10-2/h3H,4-5H2,1-2H3,(H,10,13)(H,11,12,14). The Balaban J connectivity index is 2.23. The fourth-order valence-corrected chi connectivity index (χ4v) is 1.60. The van der Waals surface area contributed by atoms with Gasteiger partial charge in [0.15, 0.2) is 5.82 Å². The van der Waals surface area contributed by atoms with Crippen LogP contribution in [0.2, 0.25) is 0 Å². The number of amides is 2. The topological polar surface area (TPSA) is 84.2 Å². The molecule has 6 nitrogen and oxygen atoms in total. The van der Waals surface area contributed by atoms with Gasteiger partial charge < -0.3 is 15.2 Å². The van der Waals surface area contributed by atoms with Crippen molar-refractivity contribution in [1.82, 2.24) is 10.5 Å². The Labute approximate surface area is 97.1 Å². The number of aryl methyl sites for hydroxylation is 1. The summed E-state index contributed by atoms with van der Waals surface area (Å²) < 4.78 is 4.79. The molecule has 0 spiro atoms. The minimum absolute atomic E-state index is 0.102. The van der Waals surface area contributed by atoms with Gasteiger partial charge >= 0.3 is 0 Å². The SMILES string of the molecule is CNC(=O)CSCC(=O)Nc1cc(C)on1. The summed E-state index contributed by atoms with van der Waals surface area (Å²) in [7, 11) is 1.56. The Morgan fingerprint density at radius 1 is 1.44 bits per heavy atom. The van der Waals surface area contributed by atoms with E-state index >= 15 is 0 Å². The minimum atomic E-state index is -0.206. The van der Waals surface area contributed by atoms with Crippen LogP contribution in [-0.4, -0.2) is 35.5 Å². The summed E-state index contributed by atoms with van der Waals surface area (Å²) in [6.45, 7) is 1.74. The van der Waals surface area contributed by atoms with Crippen molar-refractivity contribution < 1.29 is 14.1 Å². The van der Waals surface area contributed by atoms with Crippen molar-refractivity contribution in [2.75, 3.05) is 23.9 Å². The number of nitrogens with zero attached hydrogens (tertiary/aromatic N) is 1. The van der Waals surface area contributed by atoms with E-state index in [0.717, 1.165) is 0 Å². The van der Waals surface area contributed by atoms with Crippen LogP contribution in [0.1, 0.15) is 5.76 Å². The first-order valence-electron chi connectivity index (χ1n) is 4.63. The maximum Gasteiger partial charge on any atom is 0.235 e. The zero-order chi connectivity index (χ0) is 12.0. The normalized spacial score (nSPS) is 9.88. The molecule has 0 fully saturated rings. The lowest BCUT2D eigenvalue weighted by Crippen LogP contribution is -2.22. The number of hydrogen-bond acceptors (Lipinski definition) is 5. The van der Waals surface area contributed by atoms with Crippen LogP contribution in [0.15, 0.2) is 10.6 Å². The van der Waals surface area contributed by atoms with E-state index in [1.807, 2.05) is 0 Å². The van der Waals surface area contributed by atoms with Crippen LogP contribution in [0.5, 0.6) is 0 Å². The lowest BCUT2D eigenvalue weighted by molar-refractivity contribution is -0.118. The highest BCUT2D eigenvalue weighted by Gasteiger charge is 2.07. The second-order valence-electron chi connectivity index (χ2n) is 3.04. The monoisotopic (exact) mass is 243 g/mol. The Hall–Kier alpha value is -1.50. The first kappa shape index (κ1) is 12.6.